The van der Waals surface area contributed by atoms with Gasteiger partial charge >= 0.3 is 0 Å². The van der Waals surface area contributed by atoms with Gasteiger partial charge in [0.25, 0.3) is 5.91 Å². The zero-order valence-electron chi connectivity index (χ0n) is 20.8. The van der Waals surface area contributed by atoms with E-state index in [1.165, 1.54) is 25.3 Å². The third kappa shape index (κ3) is 6.33. The Morgan fingerprint density at radius 3 is 2.43 bits per heavy atom. The Kier molecular flexibility index (Phi) is 8.21. The molecule has 3 aromatic rings. The number of ether oxygens (including phenoxy) is 1. The summed E-state index contributed by atoms with van der Waals surface area (Å²) in [5.74, 6) is 0.415. The number of hydrogen-bond acceptors (Lipinski definition) is 6. The van der Waals surface area contributed by atoms with E-state index in [0.29, 0.717) is 23.6 Å². The molecule has 10 heteroatoms. The van der Waals surface area contributed by atoms with E-state index < -0.39 is 15.9 Å². The molecule has 1 aliphatic rings. The van der Waals surface area contributed by atoms with Gasteiger partial charge < -0.3 is 15.0 Å². The van der Waals surface area contributed by atoms with E-state index in [2.05, 4.69) is 10.0 Å². The van der Waals surface area contributed by atoms with Gasteiger partial charge in [0.05, 0.1) is 23.4 Å². The number of carbonyl (C=O) groups is 2. The van der Waals surface area contributed by atoms with Crippen LogP contribution in [0.5, 0.6) is 5.75 Å². The van der Waals surface area contributed by atoms with Crippen molar-refractivity contribution in [2.24, 2.45) is 0 Å². The number of nitrogens with zero attached hydrogens (tertiary/aromatic N) is 1. The smallest absolute Gasteiger partial charge is 0.255 e. The van der Waals surface area contributed by atoms with Crippen LogP contribution in [0.1, 0.15) is 40.7 Å². The van der Waals surface area contributed by atoms with Gasteiger partial charge in [-0.05, 0) is 55.3 Å². The summed E-state index contributed by atoms with van der Waals surface area (Å²) in [6, 6.07) is 20.9. The molecule has 8 nitrogen and oxygen atoms in total. The van der Waals surface area contributed by atoms with Crippen molar-refractivity contribution in [3.63, 3.8) is 0 Å². The van der Waals surface area contributed by atoms with Crippen LogP contribution < -0.4 is 14.8 Å². The first-order valence-electron chi connectivity index (χ1n) is 11.7. The van der Waals surface area contributed by atoms with Crippen LogP contribution >= 0.6 is 11.8 Å². The molecule has 37 heavy (non-hydrogen) atoms. The lowest BCUT2D eigenvalue weighted by Crippen LogP contribution is -2.30. The molecule has 0 aliphatic carbocycles. The molecule has 1 heterocycles. The molecule has 0 spiro atoms. The van der Waals surface area contributed by atoms with Gasteiger partial charge in [0, 0.05) is 18.2 Å². The molecule has 3 aromatic carbocycles. The molecule has 1 fully saturated rings. The van der Waals surface area contributed by atoms with E-state index in [-0.39, 0.29) is 27.9 Å². The minimum Gasteiger partial charge on any atom is -0.495 e. The quantitative estimate of drug-likeness (QED) is 0.418. The molecule has 1 unspecified atom stereocenters. The largest absolute Gasteiger partial charge is 0.495 e. The van der Waals surface area contributed by atoms with E-state index in [0.717, 1.165) is 11.1 Å². The summed E-state index contributed by atoms with van der Waals surface area (Å²) >= 11 is 1.56. The molecule has 2 N–H and O–H groups in total. The van der Waals surface area contributed by atoms with Gasteiger partial charge in [0.2, 0.25) is 15.9 Å². The molecule has 0 aromatic heterocycles. The third-order valence-electron chi connectivity index (χ3n) is 5.74. The topological polar surface area (TPSA) is 105 Å². The number of thioether (sulfide) groups is 1. The van der Waals surface area contributed by atoms with Crippen molar-refractivity contribution in [3.8, 4) is 5.75 Å². The normalized spacial score (nSPS) is 15.7. The van der Waals surface area contributed by atoms with Gasteiger partial charge in [-0.25, -0.2) is 13.1 Å². The summed E-state index contributed by atoms with van der Waals surface area (Å²) in [6.45, 7) is 3.98. The van der Waals surface area contributed by atoms with E-state index >= 15 is 0 Å². The van der Waals surface area contributed by atoms with E-state index in [1.807, 2.05) is 47.4 Å². The number of methoxy groups -OCH3 is 1. The fourth-order valence-electron chi connectivity index (χ4n) is 4.01. The van der Waals surface area contributed by atoms with Crippen molar-refractivity contribution in [2.45, 2.75) is 36.7 Å². The fourth-order valence-corrected chi connectivity index (χ4v) is 6.47. The van der Waals surface area contributed by atoms with Crippen molar-refractivity contribution in [2.75, 3.05) is 18.2 Å². The van der Waals surface area contributed by atoms with Crippen LogP contribution in [-0.4, -0.2) is 44.0 Å². The Balaban J connectivity index is 1.51. The summed E-state index contributed by atoms with van der Waals surface area (Å²) in [5, 5.41) is 2.62. The molecule has 2 amide bonds. The average Bonchev–Trinajstić information content (AvgIpc) is 3.23. The number of anilines is 1. The molecular weight excluding hydrogens is 510 g/mol. The summed E-state index contributed by atoms with van der Waals surface area (Å²) < 4.78 is 33.0. The number of benzene rings is 3. The zero-order chi connectivity index (χ0) is 26.6. The molecule has 0 bridgehead atoms. The average molecular weight is 540 g/mol. The highest BCUT2D eigenvalue weighted by Crippen LogP contribution is 2.39. The lowest BCUT2D eigenvalue weighted by Gasteiger charge is -2.24. The summed E-state index contributed by atoms with van der Waals surface area (Å²) in [6.07, 6.45) is 0. The van der Waals surface area contributed by atoms with Crippen molar-refractivity contribution in [1.82, 2.24) is 9.62 Å². The first kappa shape index (κ1) is 26.7. The predicted molar refractivity (Wildman–Crippen MR) is 145 cm³/mol. The second-order valence-corrected chi connectivity index (χ2v) is 11.7. The van der Waals surface area contributed by atoms with Crippen LogP contribution in [0, 0.1) is 0 Å². The summed E-state index contributed by atoms with van der Waals surface area (Å²) in [5.41, 5.74) is 2.62. The van der Waals surface area contributed by atoms with Gasteiger partial charge in [0.1, 0.15) is 11.1 Å². The highest BCUT2D eigenvalue weighted by Gasteiger charge is 2.32. The minimum absolute atomic E-state index is 0.0223. The molecule has 1 saturated heterocycles. The van der Waals surface area contributed by atoms with Crippen LogP contribution in [0.15, 0.2) is 77.7 Å². The van der Waals surface area contributed by atoms with E-state index in [1.54, 1.807) is 37.7 Å². The Bertz CT molecular complexity index is 1380. The first-order chi connectivity index (χ1) is 17.7. The molecule has 194 valence electrons. The number of nitrogens with one attached hydrogen (secondary N) is 2. The molecule has 1 aliphatic heterocycles. The second-order valence-electron chi connectivity index (χ2n) is 8.88. The summed E-state index contributed by atoms with van der Waals surface area (Å²) in [4.78, 5) is 27.4. The fraction of sp³-hybridized carbons (Fsp3) is 0.259. The lowest BCUT2D eigenvalue weighted by molar-refractivity contribution is -0.128. The SMILES string of the molecule is COc1ccc(S(=O)(=O)NC(C)C)cc1NC(=O)c1ccc(C2SCC(=O)N2Cc2ccccc2)cc1. The van der Waals surface area contributed by atoms with Gasteiger partial charge in [0.15, 0.2) is 0 Å². The van der Waals surface area contributed by atoms with Crippen LogP contribution in [-0.2, 0) is 21.4 Å². The van der Waals surface area contributed by atoms with Crippen LogP contribution in [0.4, 0.5) is 5.69 Å². The minimum atomic E-state index is -3.75. The standard InChI is InChI=1S/C27H29N3O5S2/c1-18(2)29-37(33,34)22-13-14-24(35-3)23(15-22)28-26(32)20-9-11-21(12-10-20)27-30(25(31)17-36-27)16-19-7-5-4-6-8-19/h4-15,18,27,29H,16-17H2,1-3H3,(H,28,32). The third-order valence-corrected chi connectivity index (χ3v) is 8.65. The van der Waals surface area contributed by atoms with Crippen molar-refractivity contribution < 1.29 is 22.7 Å². The first-order valence-corrected chi connectivity index (χ1v) is 14.3. The van der Waals surface area contributed by atoms with Crippen LogP contribution in [0.2, 0.25) is 0 Å². The van der Waals surface area contributed by atoms with Gasteiger partial charge in [-0.15, -0.1) is 11.8 Å². The number of carbonyl (C=O) groups excluding carboxylic acids is 2. The maximum Gasteiger partial charge on any atom is 0.255 e. The predicted octanol–water partition coefficient (Wildman–Crippen LogP) is 4.41. The molecule has 0 radical (unpaired) electrons. The van der Waals surface area contributed by atoms with Gasteiger partial charge in [-0.1, -0.05) is 42.5 Å². The van der Waals surface area contributed by atoms with E-state index in [9.17, 15) is 18.0 Å². The number of amides is 2. The number of hydrogen-bond donors (Lipinski definition) is 2. The number of rotatable bonds is 9. The molecule has 4 rings (SSSR count). The van der Waals surface area contributed by atoms with Crippen LogP contribution in [0.3, 0.4) is 0 Å². The monoisotopic (exact) mass is 539 g/mol. The Labute approximate surface area is 221 Å². The van der Waals surface area contributed by atoms with E-state index in [4.69, 9.17) is 4.74 Å². The highest BCUT2D eigenvalue weighted by molar-refractivity contribution is 8.00. The molecular formula is C27H29N3O5S2. The highest BCUT2D eigenvalue weighted by atomic mass is 32.2. The lowest BCUT2D eigenvalue weighted by atomic mass is 10.1. The second kappa shape index (κ2) is 11.4. The Morgan fingerprint density at radius 2 is 1.78 bits per heavy atom. The zero-order valence-corrected chi connectivity index (χ0v) is 22.4. The Hall–Kier alpha value is -3.34. The summed E-state index contributed by atoms with van der Waals surface area (Å²) in [7, 11) is -2.30. The van der Waals surface area contributed by atoms with Crippen molar-refractivity contribution in [1.29, 1.82) is 0 Å². The van der Waals surface area contributed by atoms with Crippen molar-refractivity contribution in [3.05, 3.63) is 89.5 Å². The number of sulfonamides is 1. The van der Waals surface area contributed by atoms with Gasteiger partial charge in [-0.2, -0.15) is 0 Å². The van der Waals surface area contributed by atoms with Crippen LogP contribution in [0.25, 0.3) is 0 Å². The van der Waals surface area contributed by atoms with Gasteiger partial charge in [-0.3, -0.25) is 9.59 Å². The molecule has 1 atom stereocenters. The maximum absolute atomic E-state index is 13.0. The maximum atomic E-state index is 13.0. The Morgan fingerprint density at radius 1 is 1.08 bits per heavy atom. The van der Waals surface area contributed by atoms with Crippen molar-refractivity contribution >= 4 is 39.3 Å². The molecule has 0 saturated carbocycles.